The monoisotopic (exact) mass is 221 g/mol. The highest BCUT2D eigenvalue weighted by Crippen LogP contribution is 2.30. The van der Waals surface area contributed by atoms with Crippen molar-refractivity contribution in [1.29, 1.82) is 0 Å². The van der Waals surface area contributed by atoms with Gasteiger partial charge in [0.25, 0.3) is 0 Å². The molecule has 0 aliphatic carbocycles. The van der Waals surface area contributed by atoms with Gasteiger partial charge in [-0.1, -0.05) is 0 Å². The lowest BCUT2D eigenvalue weighted by molar-refractivity contribution is 0.394. The van der Waals surface area contributed by atoms with Crippen molar-refractivity contribution in [3.05, 3.63) is 29.8 Å². The minimum Gasteiger partial charge on any atom is -0.497 e. The molecule has 0 atom stereocenters. The van der Waals surface area contributed by atoms with E-state index in [9.17, 15) is 0 Å². The normalized spacial score (nSPS) is 10.0. The summed E-state index contributed by atoms with van der Waals surface area (Å²) >= 11 is 1.59. The van der Waals surface area contributed by atoms with E-state index in [0.29, 0.717) is 0 Å². The van der Waals surface area contributed by atoms with E-state index in [1.54, 1.807) is 31.8 Å². The largest absolute Gasteiger partial charge is 0.497 e. The summed E-state index contributed by atoms with van der Waals surface area (Å²) < 4.78 is 10.4. The predicted molar refractivity (Wildman–Crippen MR) is 60.7 cm³/mol. The molecule has 2 aromatic rings. The van der Waals surface area contributed by atoms with Crippen LogP contribution in [-0.2, 0) is 0 Å². The van der Waals surface area contributed by atoms with Gasteiger partial charge in [-0.2, -0.15) is 0 Å². The molecule has 0 aliphatic heterocycles. The van der Waals surface area contributed by atoms with Gasteiger partial charge >= 0.3 is 0 Å². The Kier molecular flexibility index (Phi) is 2.87. The highest BCUT2D eigenvalue weighted by atomic mass is 32.1. The fourth-order valence-corrected chi connectivity index (χ4v) is 1.92. The molecular formula is C11H11NO2S. The maximum Gasteiger partial charge on any atom is 0.123 e. The SMILES string of the molecule is COc1cc(OC)cc(-c2nccs2)c1. The van der Waals surface area contributed by atoms with Gasteiger partial charge in [-0.05, 0) is 12.1 Å². The molecule has 0 saturated carbocycles. The molecule has 2 rings (SSSR count). The van der Waals surface area contributed by atoms with E-state index in [-0.39, 0.29) is 0 Å². The Morgan fingerprint density at radius 3 is 2.20 bits per heavy atom. The van der Waals surface area contributed by atoms with Crippen molar-refractivity contribution in [3.8, 4) is 22.1 Å². The summed E-state index contributed by atoms with van der Waals surface area (Å²) in [5, 5.41) is 2.91. The first-order chi connectivity index (χ1) is 7.33. The maximum atomic E-state index is 5.19. The van der Waals surface area contributed by atoms with E-state index in [4.69, 9.17) is 9.47 Å². The molecule has 15 heavy (non-hydrogen) atoms. The first-order valence-electron chi connectivity index (χ1n) is 4.46. The predicted octanol–water partition coefficient (Wildman–Crippen LogP) is 2.83. The second kappa shape index (κ2) is 4.31. The van der Waals surface area contributed by atoms with Crippen molar-refractivity contribution in [2.75, 3.05) is 14.2 Å². The van der Waals surface area contributed by atoms with Crippen LogP contribution in [0.1, 0.15) is 0 Å². The number of hydrogen-bond acceptors (Lipinski definition) is 4. The molecule has 1 aromatic heterocycles. The van der Waals surface area contributed by atoms with Crippen molar-refractivity contribution >= 4 is 11.3 Å². The van der Waals surface area contributed by atoms with Crippen LogP contribution in [0.2, 0.25) is 0 Å². The fourth-order valence-electron chi connectivity index (χ4n) is 1.30. The van der Waals surface area contributed by atoms with Crippen LogP contribution < -0.4 is 9.47 Å². The molecular weight excluding hydrogens is 210 g/mol. The summed E-state index contributed by atoms with van der Waals surface area (Å²) in [6.45, 7) is 0. The highest BCUT2D eigenvalue weighted by Gasteiger charge is 2.05. The number of ether oxygens (including phenoxy) is 2. The van der Waals surface area contributed by atoms with Gasteiger partial charge < -0.3 is 9.47 Å². The van der Waals surface area contributed by atoms with Crippen LogP contribution in [0.15, 0.2) is 29.8 Å². The first kappa shape index (κ1) is 9.98. The second-order valence-corrected chi connectivity index (χ2v) is 3.83. The molecule has 0 amide bonds. The smallest absolute Gasteiger partial charge is 0.123 e. The zero-order valence-corrected chi connectivity index (χ0v) is 9.38. The van der Waals surface area contributed by atoms with Crippen molar-refractivity contribution in [2.45, 2.75) is 0 Å². The highest BCUT2D eigenvalue weighted by molar-refractivity contribution is 7.13. The van der Waals surface area contributed by atoms with Crippen LogP contribution in [0, 0.1) is 0 Å². The maximum absolute atomic E-state index is 5.19. The van der Waals surface area contributed by atoms with E-state index >= 15 is 0 Å². The quantitative estimate of drug-likeness (QED) is 0.798. The number of rotatable bonds is 3. The topological polar surface area (TPSA) is 31.4 Å². The van der Waals surface area contributed by atoms with Gasteiger partial charge in [-0.3, -0.25) is 0 Å². The zero-order chi connectivity index (χ0) is 10.7. The van der Waals surface area contributed by atoms with Crippen molar-refractivity contribution in [2.24, 2.45) is 0 Å². The lowest BCUT2D eigenvalue weighted by Crippen LogP contribution is -1.88. The van der Waals surface area contributed by atoms with Crippen LogP contribution in [0.3, 0.4) is 0 Å². The molecule has 4 heteroatoms. The van der Waals surface area contributed by atoms with Crippen LogP contribution in [0.5, 0.6) is 11.5 Å². The van der Waals surface area contributed by atoms with Gasteiger partial charge in [0.15, 0.2) is 0 Å². The zero-order valence-electron chi connectivity index (χ0n) is 8.56. The molecule has 0 N–H and O–H groups in total. The number of hydrogen-bond donors (Lipinski definition) is 0. The van der Waals surface area contributed by atoms with Gasteiger partial charge in [-0.25, -0.2) is 4.98 Å². The van der Waals surface area contributed by atoms with E-state index in [0.717, 1.165) is 22.1 Å². The third kappa shape index (κ3) is 2.10. The fraction of sp³-hybridized carbons (Fsp3) is 0.182. The standard InChI is InChI=1S/C11H11NO2S/c1-13-9-5-8(6-10(7-9)14-2)11-12-3-4-15-11/h3-7H,1-2H3. The van der Waals surface area contributed by atoms with Crippen molar-refractivity contribution in [3.63, 3.8) is 0 Å². The lowest BCUT2D eigenvalue weighted by atomic mass is 10.2. The van der Waals surface area contributed by atoms with E-state index < -0.39 is 0 Å². The van der Waals surface area contributed by atoms with Crippen molar-refractivity contribution < 1.29 is 9.47 Å². The average Bonchev–Trinajstić information content (AvgIpc) is 2.81. The number of methoxy groups -OCH3 is 2. The Labute approximate surface area is 92.3 Å². The van der Waals surface area contributed by atoms with E-state index in [1.807, 2.05) is 23.6 Å². The molecule has 0 spiro atoms. The summed E-state index contributed by atoms with van der Waals surface area (Å²) in [5.41, 5.74) is 1.02. The van der Waals surface area contributed by atoms with Gasteiger partial charge in [0.1, 0.15) is 16.5 Å². The van der Waals surface area contributed by atoms with Crippen LogP contribution in [-0.4, -0.2) is 19.2 Å². The van der Waals surface area contributed by atoms with Gasteiger partial charge in [-0.15, -0.1) is 11.3 Å². The van der Waals surface area contributed by atoms with Gasteiger partial charge in [0.2, 0.25) is 0 Å². The minimum atomic E-state index is 0.777. The summed E-state index contributed by atoms with van der Waals surface area (Å²) in [4.78, 5) is 4.24. The Hall–Kier alpha value is -1.55. The van der Waals surface area contributed by atoms with Gasteiger partial charge in [0.05, 0.1) is 14.2 Å². The Morgan fingerprint density at radius 1 is 1.07 bits per heavy atom. The molecule has 0 aliphatic rings. The minimum absolute atomic E-state index is 0.777. The Bertz CT molecular complexity index is 418. The molecule has 0 fully saturated rings. The first-order valence-corrected chi connectivity index (χ1v) is 5.34. The molecule has 0 radical (unpaired) electrons. The molecule has 0 bridgehead atoms. The lowest BCUT2D eigenvalue weighted by Gasteiger charge is -2.06. The number of benzene rings is 1. The van der Waals surface area contributed by atoms with Gasteiger partial charge in [0, 0.05) is 23.2 Å². The van der Waals surface area contributed by atoms with E-state index in [1.165, 1.54) is 0 Å². The van der Waals surface area contributed by atoms with Crippen LogP contribution in [0.25, 0.3) is 10.6 Å². The molecule has 78 valence electrons. The van der Waals surface area contributed by atoms with E-state index in [2.05, 4.69) is 4.98 Å². The second-order valence-electron chi connectivity index (χ2n) is 2.94. The third-order valence-electron chi connectivity index (χ3n) is 2.03. The van der Waals surface area contributed by atoms with Crippen LogP contribution in [0.4, 0.5) is 0 Å². The Morgan fingerprint density at radius 2 is 1.73 bits per heavy atom. The number of aromatic nitrogens is 1. The third-order valence-corrected chi connectivity index (χ3v) is 2.85. The molecule has 3 nitrogen and oxygen atoms in total. The average molecular weight is 221 g/mol. The van der Waals surface area contributed by atoms with Crippen LogP contribution >= 0.6 is 11.3 Å². The number of nitrogens with zero attached hydrogens (tertiary/aromatic N) is 1. The molecule has 1 aromatic carbocycles. The van der Waals surface area contributed by atoms with Crippen molar-refractivity contribution in [1.82, 2.24) is 4.98 Å². The Balaban J connectivity index is 2.47. The number of thiazole rings is 1. The summed E-state index contributed by atoms with van der Waals surface area (Å²) in [6.07, 6.45) is 1.78. The molecule has 0 unspecified atom stereocenters. The summed E-state index contributed by atoms with van der Waals surface area (Å²) in [7, 11) is 3.28. The molecule has 1 heterocycles. The summed E-state index contributed by atoms with van der Waals surface area (Å²) in [5.74, 6) is 1.55. The summed E-state index contributed by atoms with van der Waals surface area (Å²) in [6, 6.07) is 5.74. The molecule has 0 saturated heterocycles.